The van der Waals surface area contributed by atoms with Gasteiger partial charge in [0.15, 0.2) is 9.84 Å². The molecule has 0 aromatic heterocycles. The third-order valence-corrected chi connectivity index (χ3v) is 8.77. The molecule has 0 spiro atoms. The van der Waals surface area contributed by atoms with Gasteiger partial charge in [-0.3, -0.25) is 4.79 Å². The van der Waals surface area contributed by atoms with Gasteiger partial charge in [0.1, 0.15) is 17.7 Å². The second-order valence-corrected chi connectivity index (χ2v) is 12.7. The summed E-state index contributed by atoms with van der Waals surface area (Å²) in [6.07, 6.45) is 0.377. The number of aliphatic hydroxyl groups is 1. The van der Waals surface area contributed by atoms with Crippen molar-refractivity contribution in [1.29, 1.82) is 0 Å². The van der Waals surface area contributed by atoms with Crippen LogP contribution in [0.25, 0.3) is 0 Å². The Labute approximate surface area is 231 Å². The van der Waals surface area contributed by atoms with E-state index in [9.17, 15) is 31.9 Å². The highest BCUT2D eigenvalue weighted by molar-refractivity contribution is 7.92. The van der Waals surface area contributed by atoms with Crippen molar-refractivity contribution < 1.29 is 36.6 Å². The smallest absolute Gasteiger partial charge is 0.407 e. The molecule has 0 saturated carbocycles. The minimum Gasteiger partial charge on any atom is -0.453 e. The zero-order valence-electron chi connectivity index (χ0n) is 23.7. The van der Waals surface area contributed by atoms with Gasteiger partial charge in [0.05, 0.1) is 24.2 Å². The second kappa shape index (κ2) is 16.7. The Bertz CT molecular complexity index is 999. The van der Waals surface area contributed by atoms with Crippen LogP contribution in [-0.2, 0) is 25.8 Å². The number of aliphatic hydroxyl groups excluding tert-OH is 1. The lowest BCUT2D eigenvalue weighted by atomic mass is 10.0. The van der Waals surface area contributed by atoms with Crippen LogP contribution in [0.2, 0.25) is 0 Å². The molecular formula is C27H45F2N3O6S. The number of nitrogens with one attached hydrogen (secondary N) is 1. The zero-order valence-corrected chi connectivity index (χ0v) is 24.5. The minimum atomic E-state index is -3.78. The van der Waals surface area contributed by atoms with Crippen LogP contribution in [0.4, 0.5) is 13.6 Å². The summed E-state index contributed by atoms with van der Waals surface area (Å²) in [6, 6.07) is 0.538. The number of amides is 2. The first-order chi connectivity index (χ1) is 18.2. The van der Waals surface area contributed by atoms with Gasteiger partial charge in [0.25, 0.3) is 0 Å². The van der Waals surface area contributed by atoms with Gasteiger partial charge in [-0.1, -0.05) is 40.5 Å². The second-order valence-electron chi connectivity index (χ2n) is 10.4. The van der Waals surface area contributed by atoms with E-state index in [4.69, 9.17) is 5.73 Å². The Morgan fingerprint density at radius 1 is 1.08 bits per heavy atom. The summed E-state index contributed by atoms with van der Waals surface area (Å²) < 4.78 is 58.4. The maximum Gasteiger partial charge on any atom is 0.407 e. The number of nitrogens with zero attached hydrogens (tertiary/aromatic N) is 1. The summed E-state index contributed by atoms with van der Waals surface area (Å²) in [6.45, 7) is 7.54. The van der Waals surface area contributed by atoms with Gasteiger partial charge >= 0.3 is 6.09 Å². The summed E-state index contributed by atoms with van der Waals surface area (Å²) in [4.78, 5) is 27.0. The van der Waals surface area contributed by atoms with Crippen molar-refractivity contribution in [3.8, 4) is 0 Å². The molecule has 1 rings (SSSR count). The maximum atomic E-state index is 13.7. The quantitative estimate of drug-likeness (QED) is 0.258. The lowest BCUT2D eigenvalue weighted by Crippen LogP contribution is -2.55. The lowest BCUT2D eigenvalue weighted by Gasteiger charge is -2.32. The molecule has 1 aromatic rings. The van der Waals surface area contributed by atoms with Crippen molar-refractivity contribution in [3.63, 3.8) is 0 Å². The minimum absolute atomic E-state index is 0.0595. The van der Waals surface area contributed by atoms with Crippen molar-refractivity contribution in [2.24, 2.45) is 11.7 Å². The van der Waals surface area contributed by atoms with Crippen LogP contribution in [0, 0.1) is 17.6 Å². The number of methoxy groups -OCH3 is 1. The number of ether oxygens (including phenoxy) is 1. The van der Waals surface area contributed by atoms with E-state index in [1.165, 1.54) is 4.90 Å². The molecular weight excluding hydrogens is 532 g/mol. The molecule has 39 heavy (non-hydrogen) atoms. The van der Waals surface area contributed by atoms with Gasteiger partial charge < -0.3 is 25.8 Å². The van der Waals surface area contributed by atoms with Crippen LogP contribution in [0.1, 0.15) is 65.4 Å². The molecule has 0 aliphatic heterocycles. The van der Waals surface area contributed by atoms with Crippen LogP contribution >= 0.6 is 0 Å². The first-order valence-electron chi connectivity index (χ1n) is 13.5. The molecule has 0 aliphatic carbocycles. The Kier molecular flexibility index (Phi) is 14.9. The highest BCUT2D eigenvalue weighted by Gasteiger charge is 2.35. The van der Waals surface area contributed by atoms with Crippen molar-refractivity contribution >= 4 is 21.8 Å². The molecule has 9 nitrogen and oxygen atoms in total. The molecule has 0 bridgehead atoms. The van der Waals surface area contributed by atoms with E-state index in [1.54, 1.807) is 0 Å². The molecule has 4 N–H and O–H groups in total. The normalized spacial score (nSPS) is 14.2. The summed E-state index contributed by atoms with van der Waals surface area (Å²) in [5.74, 6) is -2.69. The number of sulfone groups is 1. The first kappa shape index (κ1) is 34.7. The fourth-order valence-corrected chi connectivity index (χ4v) is 6.47. The van der Waals surface area contributed by atoms with Gasteiger partial charge in [0, 0.05) is 25.2 Å². The lowest BCUT2D eigenvalue weighted by molar-refractivity contribution is -0.134. The predicted molar refractivity (Wildman–Crippen MR) is 147 cm³/mol. The molecule has 3 atom stereocenters. The molecule has 0 aliphatic rings. The molecule has 0 heterocycles. The first-order valence-corrected chi connectivity index (χ1v) is 15.2. The third kappa shape index (κ3) is 12.2. The number of rotatable bonds is 17. The Morgan fingerprint density at radius 2 is 1.64 bits per heavy atom. The Hall–Kier alpha value is -2.31. The number of nitrogens with two attached hydrogens (primary N) is 1. The zero-order chi connectivity index (χ0) is 29.8. The molecule has 0 unspecified atom stereocenters. The van der Waals surface area contributed by atoms with Crippen LogP contribution < -0.4 is 11.1 Å². The Morgan fingerprint density at radius 3 is 2.13 bits per heavy atom. The summed E-state index contributed by atoms with van der Waals surface area (Å²) in [5, 5.41) is 12.5. The van der Waals surface area contributed by atoms with Gasteiger partial charge in [-0.25, -0.2) is 22.0 Å². The molecule has 0 radical (unpaired) electrons. The van der Waals surface area contributed by atoms with Crippen LogP contribution in [0.15, 0.2) is 18.2 Å². The van der Waals surface area contributed by atoms with Crippen molar-refractivity contribution in [3.05, 3.63) is 35.4 Å². The van der Waals surface area contributed by atoms with Crippen LogP contribution in [0.3, 0.4) is 0 Å². The van der Waals surface area contributed by atoms with E-state index in [2.05, 4.69) is 10.1 Å². The summed E-state index contributed by atoms with van der Waals surface area (Å²) >= 11 is 0. The SMILES string of the molecule is CCCC(CCC)S(=O)(=O)C[C@@H](NC(=O)OC)C(=O)N(CCC(C)C)C[C@@H](O)[C@@H](N)Cc1cc(F)cc(F)c1. The number of carbonyl (C=O) groups is 2. The summed E-state index contributed by atoms with van der Waals surface area (Å²) in [5.41, 5.74) is 6.37. The van der Waals surface area contributed by atoms with Crippen molar-refractivity contribution in [1.82, 2.24) is 10.2 Å². The molecule has 0 fully saturated rings. The third-order valence-electron chi connectivity index (χ3n) is 6.49. The average molecular weight is 578 g/mol. The van der Waals surface area contributed by atoms with Crippen molar-refractivity contribution in [2.75, 3.05) is 26.0 Å². The highest BCUT2D eigenvalue weighted by Crippen LogP contribution is 2.18. The number of carbonyl (C=O) groups excluding carboxylic acids is 2. The van der Waals surface area contributed by atoms with Crippen LogP contribution in [0.5, 0.6) is 0 Å². The van der Waals surface area contributed by atoms with E-state index in [-0.39, 0.29) is 31.0 Å². The van der Waals surface area contributed by atoms with Gasteiger partial charge in [-0.15, -0.1) is 0 Å². The highest BCUT2D eigenvalue weighted by atomic mass is 32.2. The fourth-order valence-electron chi connectivity index (χ4n) is 4.32. The van der Waals surface area contributed by atoms with Gasteiger partial charge in [-0.05, 0) is 49.3 Å². The summed E-state index contributed by atoms with van der Waals surface area (Å²) in [7, 11) is -2.67. The monoisotopic (exact) mass is 577 g/mol. The van der Waals surface area contributed by atoms with Crippen molar-refractivity contribution in [2.45, 2.75) is 89.7 Å². The molecule has 1 aromatic carbocycles. The van der Waals surface area contributed by atoms with Gasteiger partial charge in [-0.2, -0.15) is 0 Å². The maximum absolute atomic E-state index is 13.7. The van der Waals surface area contributed by atoms with Crippen LogP contribution in [-0.4, -0.2) is 79.8 Å². The van der Waals surface area contributed by atoms with E-state index in [0.29, 0.717) is 32.1 Å². The number of alkyl carbamates (subject to hydrolysis) is 1. The van der Waals surface area contributed by atoms with Gasteiger partial charge in [0.2, 0.25) is 5.91 Å². The predicted octanol–water partition coefficient (Wildman–Crippen LogP) is 3.18. The van der Waals surface area contributed by atoms with E-state index >= 15 is 0 Å². The van der Waals surface area contributed by atoms with E-state index in [0.717, 1.165) is 25.3 Å². The molecule has 0 saturated heterocycles. The molecule has 12 heteroatoms. The number of halogens is 2. The largest absolute Gasteiger partial charge is 0.453 e. The molecule has 2 amide bonds. The average Bonchev–Trinajstić information content (AvgIpc) is 2.84. The van der Waals surface area contributed by atoms with E-state index in [1.807, 2.05) is 27.7 Å². The number of hydrogen-bond donors (Lipinski definition) is 3. The standard InChI is InChI=1S/C27H45F2N3O6S/c1-6-8-22(9-7-2)39(36,37)17-24(31-27(35)38-5)26(34)32(11-10-18(3)4)16-25(33)23(30)14-19-12-20(28)15-21(29)13-19/h12-13,15,18,22-25,33H,6-11,14,16-17,30H2,1-5H3,(H,31,35)/t23-,24+,25+/m0/s1. The number of benzene rings is 1. The number of hydrogen-bond acceptors (Lipinski definition) is 7. The molecule has 224 valence electrons. The topological polar surface area (TPSA) is 139 Å². The Balaban J connectivity index is 3.21. The van der Waals surface area contributed by atoms with E-state index < -0.39 is 62.7 Å². The fraction of sp³-hybridized carbons (Fsp3) is 0.704.